The Morgan fingerprint density at radius 3 is 2.75 bits per heavy atom. The van der Waals surface area contributed by atoms with Gasteiger partial charge in [-0.3, -0.25) is 4.18 Å². The average Bonchev–Trinajstić information content (AvgIpc) is 1.83. The molecule has 0 aliphatic carbocycles. The zero-order chi connectivity index (χ0) is 9.24. The average molecular weight is 193 g/mol. The Morgan fingerprint density at radius 2 is 2.25 bits per heavy atom. The summed E-state index contributed by atoms with van der Waals surface area (Å²) in [7, 11) is -3.46. The third kappa shape index (κ3) is 2.43. The maximum absolute atomic E-state index is 11.0. The highest BCUT2D eigenvalue weighted by Crippen LogP contribution is 2.22. The first-order valence-corrected chi connectivity index (χ1v) is 5.57. The number of hydrogen-bond donors (Lipinski definition) is 1. The molecule has 0 unspecified atom stereocenters. The van der Waals surface area contributed by atoms with Gasteiger partial charge in [-0.1, -0.05) is 13.3 Å². The molecule has 4 nitrogen and oxygen atoms in total. The minimum absolute atomic E-state index is 0.297. The Kier molecular flexibility index (Phi) is 2.75. The lowest BCUT2D eigenvalue weighted by atomic mass is 9.94. The Labute approximate surface area is 73.6 Å². The molecule has 0 amide bonds. The van der Waals surface area contributed by atoms with Crippen molar-refractivity contribution >= 4 is 10.3 Å². The van der Waals surface area contributed by atoms with Gasteiger partial charge in [0.1, 0.15) is 0 Å². The van der Waals surface area contributed by atoms with Crippen LogP contribution in [0.15, 0.2) is 0 Å². The Hall–Kier alpha value is -0.130. The van der Waals surface area contributed by atoms with E-state index in [2.05, 4.69) is 8.91 Å². The van der Waals surface area contributed by atoms with Crippen LogP contribution in [-0.4, -0.2) is 20.6 Å². The van der Waals surface area contributed by atoms with Crippen molar-refractivity contribution in [3.63, 3.8) is 0 Å². The second-order valence-electron chi connectivity index (χ2n) is 3.44. The van der Waals surface area contributed by atoms with E-state index in [1.165, 1.54) is 0 Å². The second-order valence-corrected chi connectivity index (χ2v) is 4.79. The monoisotopic (exact) mass is 193 g/mol. The van der Waals surface area contributed by atoms with Gasteiger partial charge in [-0.2, -0.15) is 13.1 Å². The second kappa shape index (κ2) is 3.32. The van der Waals surface area contributed by atoms with Crippen LogP contribution in [0.2, 0.25) is 0 Å². The largest absolute Gasteiger partial charge is 0.336 e. The molecule has 0 aromatic rings. The molecule has 0 bridgehead atoms. The van der Waals surface area contributed by atoms with E-state index in [0.717, 1.165) is 19.3 Å². The van der Waals surface area contributed by atoms with Crippen LogP contribution < -0.4 is 4.72 Å². The molecule has 1 fully saturated rings. The van der Waals surface area contributed by atoms with Crippen LogP contribution in [0.1, 0.15) is 33.1 Å². The Balaban J connectivity index is 2.68. The first kappa shape index (κ1) is 9.95. The van der Waals surface area contributed by atoms with Crippen molar-refractivity contribution in [2.45, 2.75) is 38.6 Å². The van der Waals surface area contributed by atoms with Gasteiger partial charge in [-0.05, 0) is 19.8 Å². The summed E-state index contributed by atoms with van der Waals surface area (Å²) in [5.74, 6) is 0. The van der Waals surface area contributed by atoms with Gasteiger partial charge in [0.25, 0.3) is 0 Å². The zero-order valence-corrected chi connectivity index (χ0v) is 8.28. The molecular weight excluding hydrogens is 178 g/mol. The van der Waals surface area contributed by atoms with Crippen LogP contribution in [0.5, 0.6) is 0 Å². The third-order valence-electron chi connectivity index (χ3n) is 2.07. The predicted octanol–water partition coefficient (Wildman–Crippen LogP) is 0.800. The predicted molar refractivity (Wildman–Crippen MR) is 45.9 cm³/mol. The van der Waals surface area contributed by atoms with Gasteiger partial charge in [0.15, 0.2) is 0 Å². The lowest BCUT2D eigenvalue weighted by Gasteiger charge is -2.33. The molecule has 1 saturated heterocycles. The normalized spacial score (nSPS) is 34.8. The third-order valence-corrected chi connectivity index (χ3v) is 3.29. The molecule has 1 rings (SSSR count). The molecule has 0 aromatic carbocycles. The van der Waals surface area contributed by atoms with Crippen molar-refractivity contribution in [2.75, 3.05) is 6.61 Å². The summed E-state index contributed by atoms with van der Waals surface area (Å²) in [6.45, 7) is 4.25. The SMILES string of the molecule is CCC[C@]1(C)CCOS(=O)(=O)N1. The van der Waals surface area contributed by atoms with Crippen molar-refractivity contribution in [3.05, 3.63) is 0 Å². The number of rotatable bonds is 2. The van der Waals surface area contributed by atoms with Gasteiger partial charge in [0, 0.05) is 5.54 Å². The quantitative estimate of drug-likeness (QED) is 0.705. The van der Waals surface area contributed by atoms with Crippen LogP contribution >= 0.6 is 0 Å². The van der Waals surface area contributed by atoms with Crippen LogP contribution in [0.25, 0.3) is 0 Å². The molecule has 5 heteroatoms. The van der Waals surface area contributed by atoms with E-state index in [1.54, 1.807) is 0 Å². The molecule has 0 spiro atoms. The summed E-state index contributed by atoms with van der Waals surface area (Å²) in [5, 5.41) is 0. The smallest absolute Gasteiger partial charge is 0.258 e. The maximum Gasteiger partial charge on any atom is 0.336 e. The fourth-order valence-corrected chi connectivity index (χ4v) is 2.66. The minimum Gasteiger partial charge on any atom is -0.258 e. The fraction of sp³-hybridized carbons (Fsp3) is 1.00. The highest BCUT2D eigenvalue weighted by Gasteiger charge is 2.33. The summed E-state index contributed by atoms with van der Waals surface area (Å²) >= 11 is 0. The molecule has 1 aliphatic rings. The van der Waals surface area contributed by atoms with Crippen molar-refractivity contribution in [2.24, 2.45) is 0 Å². The van der Waals surface area contributed by atoms with Crippen molar-refractivity contribution in [1.82, 2.24) is 4.72 Å². The van der Waals surface area contributed by atoms with E-state index in [4.69, 9.17) is 0 Å². The number of nitrogens with one attached hydrogen (secondary N) is 1. The molecule has 12 heavy (non-hydrogen) atoms. The maximum atomic E-state index is 11.0. The van der Waals surface area contributed by atoms with E-state index >= 15 is 0 Å². The molecular formula is C7H15NO3S. The summed E-state index contributed by atoms with van der Waals surface area (Å²) in [5.41, 5.74) is -0.300. The highest BCUT2D eigenvalue weighted by atomic mass is 32.2. The van der Waals surface area contributed by atoms with Gasteiger partial charge >= 0.3 is 10.3 Å². The first-order valence-electron chi connectivity index (χ1n) is 4.16. The molecule has 0 aromatic heterocycles. The van der Waals surface area contributed by atoms with Gasteiger partial charge < -0.3 is 0 Å². The van der Waals surface area contributed by atoms with E-state index in [0.29, 0.717) is 6.61 Å². The van der Waals surface area contributed by atoms with Gasteiger partial charge in [-0.25, -0.2) is 0 Å². The summed E-state index contributed by atoms with van der Waals surface area (Å²) in [4.78, 5) is 0. The van der Waals surface area contributed by atoms with Crippen LogP contribution in [-0.2, 0) is 14.5 Å². The van der Waals surface area contributed by atoms with E-state index in [9.17, 15) is 8.42 Å². The van der Waals surface area contributed by atoms with E-state index in [-0.39, 0.29) is 5.54 Å². The molecule has 72 valence electrons. The molecule has 1 N–H and O–H groups in total. The van der Waals surface area contributed by atoms with Crippen LogP contribution in [0.4, 0.5) is 0 Å². The van der Waals surface area contributed by atoms with Crippen molar-refractivity contribution < 1.29 is 12.6 Å². The van der Waals surface area contributed by atoms with Crippen molar-refractivity contribution in [3.8, 4) is 0 Å². The van der Waals surface area contributed by atoms with Gasteiger partial charge in [0.2, 0.25) is 0 Å². The molecule has 1 heterocycles. The molecule has 0 saturated carbocycles. The summed E-state index contributed by atoms with van der Waals surface area (Å²) in [6, 6.07) is 0. The highest BCUT2D eigenvalue weighted by molar-refractivity contribution is 7.84. The lowest BCUT2D eigenvalue weighted by molar-refractivity contribution is 0.202. The summed E-state index contributed by atoms with van der Waals surface area (Å²) in [6.07, 6.45) is 2.58. The van der Waals surface area contributed by atoms with Gasteiger partial charge in [-0.15, -0.1) is 0 Å². The molecule has 1 aliphatic heterocycles. The first-order chi connectivity index (χ1) is 5.47. The van der Waals surface area contributed by atoms with Crippen LogP contribution in [0, 0.1) is 0 Å². The topological polar surface area (TPSA) is 55.4 Å². The zero-order valence-electron chi connectivity index (χ0n) is 7.46. The Morgan fingerprint density at radius 1 is 1.58 bits per heavy atom. The van der Waals surface area contributed by atoms with E-state index < -0.39 is 10.3 Å². The van der Waals surface area contributed by atoms with Crippen LogP contribution in [0.3, 0.4) is 0 Å². The standard InChI is InChI=1S/C7H15NO3S/c1-3-4-7(2)5-6-11-12(9,10)8-7/h8H,3-6H2,1-2H3/t7-/m1/s1. The molecule has 1 atom stereocenters. The van der Waals surface area contributed by atoms with Gasteiger partial charge in [0.05, 0.1) is 6.61 Å². The Bertz CT molecular complexity index is 245. The fourth-order valence-electron chi connectivity index (χ4n) is 1.49. The number of hydrogen-bond acceptors (Lipinski definition) is 3. The minimum atomic E-state index is -3.46. The van der Waals surface area contributed by atoms with E-state index in [1.807, 2.05) is 13.8 Å². The summed E-state index contributed by atoms with van der Waals surface area (Å²) < 4.78 is 29.1. The van der Waals surface area contributed by atoms with Crippen molar-refractivity contribution in [1.29, 1.82) is 0 Å². The lowest BCUT2D eigenvalue weighted by Crippen LogP contribution is -2.51. The molecule has 0 radical (unpaired) electrons.